The van der Waals surface area contributed by atoms with Gasteiger partial charge in [-0.15, -0.1) is 0 Å². The van der Waals surface area contributed by atoms with Crippen molar-refractivity contribution in [3.63, 3.8) is 0 Å². The summed E-state index contributed by atoms with van der Waals surface area (Å²) < 4.78 is 6.66. The SMILES string of the molecule is COC(=O)N1CC2(C1)N=C(c1ccc(-c3ccc(-c4cnn(C)c4)cc3)cc1)N(C[C@@H]1CCN(C(=O)N3CCCC3)C1)C2=O. The first-order valence-electron chi connectivity index (χ1n) is 15.3. The predicted octanol–water partition coefficient (Wildman–Crippen LogP) is 3.70. The highest BCUT2D eigenvalue weighted by Gasteiger charge is 2.58. The summed E-state index contributed by atoms with van der Waals surface area (Å²) in [6.07, 6.45) is 6.35. The zero-order valence-electron chi connectivity index (χ0n) is 25.2. The number of amides is 4. The Bertz CT molecular complexity index is 1600. The molecule has 5 heterocycles. The van der Waals surface area contributed by atoms with E-state index in [0.29, 0.717) is 25.5 Å². The van der Waals surface area contributed by atoms with Crippen LogP contribution < -0.4 is 0 Å². The second-order valence-electron chi connectivity index (χ2n) is 12.3. The van der Waals surface area contributed by atoms with E-state index in [4.69, 9.17) is 9.73 Å². The molecule has 1 atom stereocenters. The molecule has 3 fully saturated rings. The minimum absolute atomic E-state index is 0.0907. The van der Waals surface area contributed by atoms with Crippen molar-refractivity contribution in [2.24, 2.45) is 18.0 Å². The van der Waals surface area contributed by atoms with Crippen molar-refractivity contribution < 1.29 is 19.1 Å². The van der Waals surface area contributed by atoms with Gasteiger partial charge in [-0.2, -0.15) is 5.10 Å². The third-order valence-corrected chi connectivity index (χ3v) is 9.33. The number of methoxy groups -OCH3 is 1. The number of hydrogen-bond donors (Lipinski definition) is 0. The van der Waals surface area contributed by atoms with Crippen LogP contribution in [0.4, 0.5) is 9.59 Å². The molecule has 44 heavy (non-hydrogen) atoms. The van der Waals surface area contributed by atoms with Crippen LogP contribution in [-0.4, -0.2) is 112 Å². The van der Waals surface area contributed by atoms with Crippen LogP contribution in [0, 0.1) is 5.92 Å². The molecule has 0 N–H and O–H groups in total. The Balaban J connectivity index is 1.10. The summed E-state index contributed by atoms with van der Waals surface area (Å²) >= 11 is 0. The molecule has 4 amide bonds. The number of amidine groups is 1. The number of urea groups is 1. The van der Waals surface area contributed by atoms with Gasteiger partial charge in [0.2, 0.25) is 0 Å². The van der Waals surface area contributed by atoms with Crippen molar-refractivity contribution in [3.8, 4) is 22.3 Å². The molecule has 11 heteroatoms. The lowest BCUT2D eigenvalue weighted by Gasteiger charge is -2.43. The van der Waals surface area contributed by atoms with Crippen molar-refractivity contribution >= 4 is 23.9 Å². The van der Waals surface area contributed by atoms with Crippen LogP contribution in [0.2, 0.25) is 0 Å². The van der Waals surface area contributed by atoms with Gasteiger partial charge >= 0.3 is 12.1 Å². The van der Waals surface area contributed by atoms with E-state index >= 15 is 0 Å². The zero-order valence-corrected chi connectivity index (χ0v) is 25.2. The summed E-state index contributed by atoms with van der Waals surface area (Å²) in [6, 6.07) is 16.6. The zero-order chi connectivity index (χ0) is 30.4. The van der Waals surface area contributed by atoms with E-state index < -0.39 is 11.6 Å². The lowest BCUT2D eigenvalue weighted by molar-refractivity contribution is -0.136. The molecule has 11 nitrogen and oxygen atoms in total. The second kappa shape index (κ2) is 11.1. The standard InChI is InChI=1S/C33H37N7O4/c1-36-20-28(17-34-36)26-7-5-24(6-8-26)25-9-11-27(12-10-25)29-35-33(21-39(22-33)32(43)44-2)30(41)40(29)19-23-13-16-38(18-23)31(42)37-14-3-4-15-37/h5-12,17,20,23H,3-4,13-16,18-19,21-22H2,1-2H3/t23-/m1/s1. The highest BCUT2D eigenvalue weighted by molar-refractivity contribution is 6.16. The Morgan fingerprint density at radius 2 is 1.48 bits per heavy atom. The van der Waals surface area contributed by atoms with Gasteiger partial charge in [0.1, 0.15) is 5.84 Å². The van der Waals surface area contributed by atoms with Crippen LogP contribution >= 0.6 is 0 Å². The molecule has 0 radical (unpaired) electrons. The quantitative estimate of drug-likeness (QED) is 0.448. The molecule has 0 unspecified atom stereocenters. The first-order valence-corrected chi connectivity index (χ1v) is 15.3. The molecule has 1 spiro atoms. The number of carbonyl (C=O) groups is 3. The fraction of sp³-hybridized carbons (Fsp3) is 0.424. The third-order valence-electron chi connectivity index (χ3n) is 9.33. The Morgan fingerprint density at radius 3 is 2.07 bits per heavy atom. The summed E-state index contributed by atoms with van der Waals surface area (Å²) in [5.74, 6) is 0.689. The molecule has 0 bridgehead atoms. The largest absolute Gasteiger partial charge is 0.453 e. The van der Waals surface area contributed by atoms with Gasteiger partial charge in [0, 0.05) is 57.1 Å². The van der Waals surface area contributed by atoms with Gasteiger partial charge in [-0.3, -0.25) is 14.4 Å². The summed E-state index contributed by atoms with van der Waals surface area (Å²) in [5.41, 5.74) is 4.18. The number of aromatic nitrogens is 2. The van der Waals surface area contributed by atoms with Crippen molar-refractivity contribution in [2.75, 3.05) is 52.9 Å². The van der Waals surface area contributed by atoms with E-state index in [1.54, 1.807) is 9.58 Å². The van der Waals surface area contributed by atoms with Gasteiger partial charge in [0.05, 0.1) is 26.4 Å². The smallest absolute Gasteiger partial charge is 0.409 e. The van der Waals surface area contributed by atoms with Crippen LogP contribution in [0.1, 0.15) is 24.8 Å². The van der Waals surface area contributed by atoms with Gasteiger partial charge in [-0.25, -0.2) is 14.6 Å². The summed E-state index contributed by atoms with van der Waals surface area (Å²) in [4.78, 5) is 51.2. The molecule has 1 aromatic heterocycles. The number of likely N-dealkylation sites (tertiary alicyclic amines) is 3. The van der Waals surface area contributed by atoms with Gasteiger partial charge in [0.25, 0.3) is 5.91 Å². The van der Waals surface area contributed by atoms with E-state index in [-0.39, 0.29) is 30.9 Å². The minimum atomic E-state index is -0.992. The Morgan fingerprint density at radius 1 is 0.864 bits per heavy atom. The normalized spacial score (nSPS) is 20.8. The lowest BCUT2D eigenvalue weighted by Crippen LogP contribution is -2.66. The fourth-order valence-electron chi connectivity index (χ4n) is 6.86. The molecule has 3 aromatic rings. The Hall–Kier alpha value is -4.67. The van der Waals surface area contributed by atoms with E-state index in [1.165, 1.54) is 12.0 Å². The highest BCUT2D eigenvalue weighted by Crippen LogP contribution is 2.36. The van der Waals surface area contributed by atoms with E-state index in [1.807, 2.05) is 41.4 Å². The van der Waals surface area contributed by atoms with Crippen molar-refractivity contribution in [3.05, 3.63) is 66.5 Å². The van der Waals surface area contributed by atoms with Crippen LogP contribution in [0.25, 0.3) is 22.3 Å². The average molecular weight is 596 g/mol. The summed E-state index contributed by atoms with van der Waals surface area (Å²) in [7, 11) is 3.25. The average Bonchev–Trinajstić information content (AvgIpc) is 3.85. The van der Waals surface area contributed by atoms with Gasteiger partial charge in [-0.1, -0.05) is 48.5 Å². The molecular formula is C33H37N7O4. The van der Waals surface area contributed by atoms with E-state index in [2.05, 4.69) is 41.5 Å². The maximum atomic E-state index is 13.9. The third kappa shape index (κ3) is 4.99. The number of ether oxygens (including phenoxy) is 1. The molecule has 7 rings (SSSR count). The first-order chi connectivity index (χ1) is 21.3. The van der Waals surface area contributed by atoms with Crippen LogP contribution in [0.15, 0.2) is 65.9 Å². The topological polar surface area (TPSA) is 104 Å². The molecule has 2 aromatic carbocycles. The van der Waals surface area contributed by atoms with Crippen LogP contribution in [0.5, 0.6) is 0 Å². The minimum Gasteiger partial charge on any atom is -0.453 e. The molecular weight excluding hydrogens is 558 g/mol. The number of nitrogens with zero attached hydrogens (tertiary/aromatic N) is 7. The predicted molar refractivity (Wildman–Crippen MR) is 165 cm³/mol. The Kier molecular flexibility index (Phi) is 7.10. The van der Waals surface area contributed by atoms with E-state index in [9.17, 15) is 14.4 Å². The molecule has 0 saturated carbocycles. The molecule has 228 valence electrons. The number of benzene rings is 2. The van der Waals surface area contributed by atoms with Crippen LogP contribution in [-0.2, 0) is 16.6 Å². The second-order valence-corrected chi connectivity index (χ2v) is 12.3. The van der Waals surface area contributed by atoms with Gasteiger partial charge in [-0.05, 0) is 41.9 Å². The number of hydrogen-bond acceptors (Lipinski definition) is 6. The maximum absolute atomic E-state index is 13.9. The number of aryl methyl sites for hydroxylation is 1. The summed E-state index contributed by atoms with van der Waals surface area (Å²) in [6.45, 7) is 3.86. The first kappa shape index (κ1) is 28.1. The summed E-state index contributed by atoms with van der Waals surface area (Å²) in [5, 5.41) is 4.26. The molecule has 3 saturated heterocycles. The number of rotatable bonds is 5. The van der Waals surface area contributed by atoms with Crippen molar-refractivity contribution in [1.29, 1.82) is 0 Å². The van der Waals surface area contributed by atoms with Gasteiger partial charge in [0.15, 0.2) is 5.54 Å². The molecule has 4 aliphatic heterocycles. The fourth-order valence-corrected chi connectivity index (χ4v) is 6.86. The lowest BCUT2D eigenvalue weighted by atomic mass is 9.90. The molecule has 4 aliphatic rings. The molecule has 0 aliphatic carbocycles. The van der Waals surface area contributed by atoms with Crippen molar-refractivity contribution in [2.45, 2.75) is 24.8 Å². The number of carbonyl (C=O) groups excluding carboxylic acids is 3. The van der Waals surface area contributed by atoms with E-state index in [0.717, 1.165) is 60.2 Å². The maximum Gasteiger partial charge on any atom is 0.409 e. The highest BCUT2D eigenvalue weighted by atomic mass is 16.5. The monoisotopic (exact) mass is 595 g/mol. The van der Waals surface area contributed by atoms with Gasteiger partial charge < -0.3 is 19.4 Å². The van der Waals surface area contributed by atoms with Crippen molar-refractivity contribution in [1.82, 2.24) is 29.4 Å². The number of aliphatic imine (C=N–C) groups is 1. The Labute approximate surface area is 256 Å². The van der Waals surface area contributed by atoms with Crippen LogP contribution in [0.3, 0.4) is 0 Å².